The molecule has 0 bridgehead atoms. The molecule has 0 saturated heterocycles. The summed E-state index contributed by atoms with van der Waals surface area (Å²) >= 11 is 0. The van der Waals surface area contributed by atoms with Crippen molar-refractivity contribution >= 4 is 12.2 Å². The molecule has 1 aliphatic carbocycles. The second-order valence-corrected chi connectivity index (χ2v) is 4.82. The third-order valence-corrected chi connectivity index (χ3v) is 3.55. The van der Waals surface area contributed by atoms with Crippen LogP contribution in [0, 0.1) is 11.3 Å². The molecule has 76 valence electrons. The van der Waals surface area contributed by atoms with E-state index in [1.165, 1.54) is 10.6 Å². The Morgan fingerprint density at radius 2 is 2.21 bits per heavy atom. The molecule has 1 aromatic rings. The van der Waals surface area contributed by atoms with E-state index in [1.807, 2.05) is 17.9 Å². The van der Waals surface area contributed by atoms with Crippen LogP contribution in [0.4, 0.5) is 0 Å². The van der Waals surface area contributed by atoms with Crippen molar-refractivity contribution in [3.8, 4) is 0 Å². The third-order valence-electron chi connectivity index (χ3n) is 3.55. The highest BCUT2D eigenvalue weighted by Gasteiger charge is 2.26. The van der Waals surface area contributed by atoms with Gasteiger partial charge in [-0.15, -0.1) is 0 Å². The van der Waals surface area contributed by atoms with E-state index in [2.05, 4.69) is 38.0 Å². The molecule has 0 N–H and O–H groups in total. The van der Waals surface area contributed by atoms with Crippen LogP contribution in [0.3, 0.4) is 0 Å². The molecule has 1 unspecified atom stereocenters. The normalized spacial score (nSPS) is 25.5. The van der Waals surface area contributed by atoms with Crippen LogP contribution in [0.5, 0.6) is 0 Å². The highest BCUT2D eigenvalue weighted by molar-refractivity contribution is 5.42. The number of hydrogen-bond donors (Lipinski definition) is 0. The van der Waals surface area contributed by atoms with Crippen LogP contribution in [0.25, 0.3) is 12.2 Å². The summed E-state index contributed by atoms with van der Waals surface area (Å²) in [6, 6.07) is 0. The fourth-order valence-corrected chi connectivity index (χ4v) is 1.96. The van der Waals surface area contributed by atoms with E-state index in [0.29, 0.717) is 11.3 Å². The number of aromatic nitrogens is 2. The maximum atomic E-state index is 4.28. The molecule has 0 aliphatic heterocycles. The third kappa shape index (κ3) is 1.29. The number of fused-ring (bicyclic) bond motifs is 1. The lowest BCUT2D eigenvalue weighted by molar-refractivity contribution is 0.331. The predicted octanol–water partition coefficient (Wildman–Crippen LogP) is 1.05. The maximum absolute atomic E-state index is 4.28. The zero-order valence-electron chi connectivity index (χ0n) is 9.41. The minimum atomic E-state index is 0.302. The van der Waals surface area contributed by atoms with Gasteiger partial charge in [0.25, 0.3) is 0 Å². The molecule has 0 aromatic carbocycles. The van der Waals surface area contributed by atoms with Gasteiger partial charge in [-0.3, -0.25) is 4.68 Å². The minimum absolute atomic E-state index is 0.302. The first-order valence-corrected chi connectivity index (χ1v) is 5.24. The van der Waals surface area contributed by atoms with E-state index in [4.69, 9.17) is 0 Å². The van der Waals surface area contributed by atoms with Crippen molar-refractivity contribution in [1.29, 1.82) is 0 Å². The Balaban J connectivity index is 2.59. The molecule has 0 saturated carbocycles. The van der Waals surface area contributed by atoms with E-state index >= 15 is 0 Å². The molecule has 14 heavy (non-hydrogen) atoms. The van der Waals surface area contributed by atoms with Crippen LogP contribution in [0.1, 0.15) is 27.2 Å². The average molecular weight is 190 g/mol. The van der Waals surface area contributed by atoms with Gasteiger partial charge in [0.2, 0.25) is 0 Å². The second kappa shape index (κ2) is 2.97. The van der Waals surface area contributed by atoms with Gasteiger partial charge < -0.3 is 0 Å². The zero-order chi connectivity index (χ0) is 10.3. The largest absolute Gasteiger partial charge is 0.268 e. The summed E-state index contributed by atoms with van der Waals surface area (Å²) < 4.78 is 1.95. The van der Waals surface area contributed by atoms with Gasteiger partial charge in [-0.1, -0.05) is 32.9 Å². The summed E-state index contributed by atoms with van der Waals surface area (Å²) in [5.74, 6) is 0.673. The molecular weight excluding hydrogens is 172 g/mol. The van der Waals surface area contributed by atoms with Crippen molar-refractivity contribution in [2.45, 2.75) is 27.2 Å². The lowest BCUT2D eigenvalue weighted by Gasteiger charge is -2.30. The standard InChI is InChI=1S/C12H18N2/c1-9(2)12(3)6-5-11-10(7-12)8-13-14(11)4/h5,7-9H,6H2,1-4H3. The van der Waals surface area contributed by atoms with E-state index in [1.54, 1.807) is 0 Å². The lowest BCUT2D eigenvalue weighted by atomic mass is 9.74. The van der Waals surface area contributed by atoms with Crippen molar-refractivity contribution in [2.24, 2.45) is 18.4 Å². The Labute approximate surface area is 84.9 Å². The Kier molecular flexibility index (Phi) is 2.02. The van der Waals surface area contributed by atoms with Crippen LogP contribution in [-0.4, -0.2) is 9.78 Å². The second-order valence-electron chi connectivity index (χ2n) is 4.82. The Morgan fingerprint density at radius 3 is 2.86 bits per heavy atom. The van der Waals surface area contributed by atoms with Gasteiger partial charge in [-0.25, -0.2) is 0 Å². The molecule has 1 heterocycles. The molecular formula is C12H18N2. The molecule has 0 amide bonds. The lowest BCUT2D eigenvalue weighted by Crippen LogP contribution is -2.36. The topological polar surface area (TPSA) is 17.8 Å². The average Bonchev–Trinajstić information content (AvgIpc) is 2.47. The van der Waals surface area contributed by atoms with Crippen LogP contribution in [0.15, 0.2) is 6.20 Å². The van der Waals surface area contributed by atoms with Crippen molar-refractivity contribution in [3.63, 3.8) is 0 Å². The maximum Gasteiger partial charge on any atom is 0.0636 e. The van der Waals surface area contributed by atoms with Gasteiger partial charge in [-0.2, -0.15) is 5.10 Å². The molecule has 0 fully saturated rings. The molecule has 2 nitrogen and oxygen atoms in total. The van der Waals surface area contributed by atoms with Gasteiger partial charge in [0.1, 0.15) is 0 Å². The fourth-order valence-electron chi connectivity index (χ4n) is 1.96. The molecule has 2 heteroatoms. The van der Waals surface area contributed by atoms with Crippen LogP contribution < -0.4 is 10.6 Å². The number of aryl methyl sites for hydroxylation is 1. The molecule has 2 rings (SSSR count). The van der Waals surface area contributed by atoms with E-state index < -0.39 is 0 Å². The summed E-state index contributed by atoms with van der Waals surface area (Å²) in [6.45, 7) is 6.89. The van der Waals surface area contributed by atoms with Gasteiger partial charge in [-0.05, 0) is 17.8 Å². The quantitative estimate of drug-likeness (QED) is 0.647. The summed E-state index contributed by atoms with van der Waals surface area (Å²) in [6.07, 6.45) is 7.77. The molecule has 1 aliphatic rings. The zero-order valence-corrected chi connectivity index (χ0v) is 9.41. The van der Waals surface area contributed by atoms with Crippen molar-refractivity contribution in [2.75, 3.05) is 0 Å². The summed E-state index contributed by atoms with van der Waals surface area (Å²) in [5, 5.41) is 6.83. The predicted molar refractivity (Wildman–Crippen MR) is 59.0 cm³/mol. The summed E-state index contributed by atoms with van der Waals surface area (Å²) in [4.78, 5) is 0. The molecule has 1 atom stereocenters. The minimum Gasteiger partial charge on any atom is -0.268 e. The van der Waals surface area contributed by atoms with Crippen LogP contribution >= 0.6 is 0 Å². The Morgan fingerprint density at radius 1 is 1.50 bits per heavy atom. The van der Waals surface area contributed by atoms with Crippen molar-refractivity contribution in [3.05, 3.63) is 16.8 Å². The van der Waals surface area contributed by atoms with E-state index in [9.17, 15) is 0 Å². The monoisotopic (exact) mass is 190 g/mol. The van der Waals surface area contributed by atoms with E-state index in [-0.39, 0.29) is 0 Å². The van der Waals surface area contributed by atoms with Gasteiger partial charge >= 0.3 is 0 Å². The number of rotatable bonds is 1. The molecule has 0 radical (unpaired) electrons. The van der Waals surface area contributed by atoms with Gasteiger partial charge in [0.05, 0.1) is 11.5 Å². The van der Waals surface area contributed by atoms with Gasteiger partial charge in [0.15, 0.2) is 0 Å². The first-order valence-electron chi connectivity index (χ1n) is 5.24. The molecule has 0 spiro atoms. The number of nitrogens with zero attached hydrogens (tertiary/aromatic N) is 2. The van der Waals surface area contributed by atoms with Gasteiger partial charge in [0, 0.05) is 12.3 Å². The summed E-state index contributed by atoms with van der Waals surface area (Å²) in [7, 11) is 2.00. The number of hydrogen-bond acceptors (Lipinski definition) is 1. The summed E-state index contributed by atoms with van der Waals surface area (Å²) in [5.41, 5.74) is 0.302. The van der Waals surface area contributed by atoms with Crippen LogP contribution in [-0.2, 0) is 7.05 Å². The van der Waals surface area contributed by atoms with Crippen molar-refractivity contribution < 1.29 is 0 Å². The fraction of sp³-hybridized carbons (Fsp3) is 0.583. The highest BCUT2D eigenvalue weighted by atomic mass is 15.2. The van der Waals surface area contributed by atoms with Crippen LogP contribution in [0.2, 0.25) is 0 Å². The SMILES string of the molecule is CC(C)C1(C)C=c2cnn(C)c2=CC1. The molecule has 1 aromatic heterocycles. The van der Waals surface area contributed by atoms with Crippen molar-refractivity contribution in [1.82, 2.24) is 9.78 Å². The first-order chi connectivity index (χ1) is 6.53. The Hall–Kier alpha value is -1.05. The Bertz CT molecular complexity index is 453. The smallest absolute Gasteiger partial charge is 0.0636 e. The van der Waals surface area contributed by atoms with E-state index in [0.717, 1.165) is 6.42 Å². The highest BCUT2D eigenvalue weighted by Crippen LogP contribution is 2.33. The first kappa shape index (κ1) is 9.50.